The van der Waals surface area contributed by atoms with Crippen LogP contribution >= 0.6 is 0 Å². The Morgan fingerprint density at radius 1 is 1.14 bits per heavy atom. The zero-order valence-corrected chi connectivity index (χ0v) is 12.5. The molecule has 0 radical (unpaired) electrons. The zero-order valence-electron chi connectivity index (χ0n) is 12.5. The van der Waals surface area contributed by atoms with Crippen molar-refractivity contribution in [1.29, 1.82) is 0 Å². The number of nitrogens with zero attached hydrogens (tertiary/aromatic N) is 1. The molecule has 0 aliphatic carbocycles. The third-order valence-electron chi connectivity index (χ3n) is 4.09. The second-order valence-corrected chi connectivity index (χ2v) is 5.63. The Morgan fingerprint density at radius 3 is 2.95 bits per heavy atom. The molecule has 0 bridgehead atoms. The molecule has 1 aromatic heterocycles. The third kappa shape index (κ3) is 2.35. The van der Waals surface area contributed by atoms with E-state index in [2.05, 4.69) is 35.4 Å². The molecule has 3 aromatic rings. The molecule has 1 unspecified atom stereocenters. The Morgan fingerprint density at radius 2 is 2.05 bits per heavy atom. The molecule has 2 heterocycles. The van der Waals surface area contributed by atoms with E-state index in [0.717, 1.165) is 29.8 Å². The minimum atomic E-state index is 0.000765. The van der Waals surface area contributed by atoms with Gasteiger partial charge < -0.3 is 14.5 Å². The lowest BCUT2D eigenvalue weighted by molar-refractivity contribution is 0.111. The lowest BCUT2D eigenvalue weighted by Crippen LogP contribution is -2.14. The largest absolute Gasteiger partial charge is 0.438 e. The number of nitrogens with one attached hydrogen (secondary N) is 1. The highest BCUT2D eigenvalue weighted by atomic mass is 16.5. The van der Waals surface area contributed by atoms with Crippen molar-refractivity contribution in [1.82, 2.24) is 4.98 Å². The maximum Gasteiger partial charge on any atom is 0.217 e. The van der Waals surface area contributed by atoms with Gasteiger partial charge in [0.15, 0.2) is 5.58 Å². The maximum absolute atomic E-state index is 5.84. The minimum Gasteiger partial charge on any atom is -0.438 e. The summed E-state index contributed by atoms with van der Waals surface area (Å²) >= 11 is 0. The third-order valence-corrected chi connectivity index (χ3v) is 4.09. The number of benzene rings is 2. The monoisotopic (exact) mass is 294 g/mol. The summed E-state index contributed by atoms with van der Waals surface area (Å²) in [7, 11) is 0. The molecule has 1 N–H and O–H groups in total. The number of aromatic nitrogens is 1. The molecule has 112 valence electrons. The van der Waals surface area contributed by atoms with E-state index < -0.39 is 0 Å². The Labute approximate surface area is 129 Å². The fraction of sp³-hybridized carbons (Fsp3) is 0.278. The molecule has 1 aliphatic rings. The maximum atomic E-state index is 5.84. The summed E-state index contributed by atoms with van der Waals surface area (Å²) in [6.45, 7) is 3.53. The van der Waals surface area contributed by atoms with E-state index >= 15 is 0 Å². The molecule has 0 amide bonds. The van der Waals surface area contributed by atoms with E-state index in [1.807, 2.05) is 24.3 Å². The summed E-state index contributed by atoms with van der Waals surface area (Å²) in [5.74, 6) is 0.704. The molecule has 0 fully saturated rings. The average molecular weight is 294 g/mol. The van der Waals surface area contributed by atoms with Gasteiger partial charge in [-0.25, -0.2) is 4.98 Å². The first-order valence-electron chi connectivity index (χ1n) is 7.62. The number of anilines is 1. The van der Waals surface area contributed by atoms with Gasteiger partial charge in [-0.1, -0.05) is 24.3 Å². The number of oxazole rings is 1. The van der Waals surface area contributed by atoms with Gasteiger partial charge in [0.1, 0.15) is 11.6 Å². The lowest BCUT2D eigenvalue weighted by Gasteiger charge is -2.22. The van der Waals surface area contributed by atoms with Gasteiger partial charge in [0.2, 0.25) is 5.89 Å². The lowest BCUT2D eigenvalue weighted by atomic mass is 10.0. The van der Waals surface area contributed by atoms with Crippen molar-refractivity contribution in [3.05, 3.63) is 59.5 Å². The summed E-state index contributed by atoms with van der Waals surface area (Å²) in [5, 5.41) is 3.51. The van der Waals surface area contributed by atoms with E-state index in [4.69, 9.17) is 9.15 Å². The molecule has 0 saturated carbocycles. The predicted octanol–water partition coefficient (Wildman–Crippen LogP) is 4.07. The summed E-state index contributed by atoms with van der Waals surface area (Å²) in [5.41, 5.74) is 5.43. The highest BCUT2D eigenvalue weighted by molar-refractivity contribution is 5.72. The first-order chi connectivity index (χ1) is 10.8. The SMILES string of the molecule is CC(Nc1cccc2c1COCC2)c1nc2ccccc2o1. The molecule has 0 spiro atoms. The summed E-state index contributed by atoms with van der Waals surface area (Å²) < 4.78 is 11.4. The average Bonchev–Trinajstić information content (AvgIpc) is 2.99. The number of para-hydroxylation sites is 2. The standard InChI is InChI=1S/C18H18N2O2/c1-12(18-20-16-6-2-3-8-17(16)22-18)19-15-7-4-5-13-9-10-21-11-14(13)15/h2-8,12,19H,9-11H2,1H3. The molecule has 0 saturated heterocycles. The molecule has 4 heteroatoms. The summed E-state index contributed by atoms with van der Waals surface area (Å²) in [4.78, 5) is 4.56. The quantitative estimate of drug-likeness (QED) is 0.791. The van der Waals surface area contributed by atoms with Crippen molar-refractivity contribution < 1.29 is 9.15 Å². The number of rotatable bonds is 3. The Hall–Kier alpha value is -2.33. The van der Waals surface area contributed by atoms with Gasteiger partial charge >= 0.3 is 0 Å². The van der Waals surface area contributed by atoms with E-state index in [0.29, 0.717) is 12.5 Å². The summed E-state index contributed by atoms with van der Waals surface area (Å²) in [6, 6.07) is 14.2. The van der Waals surface area contributed by atoms with Crippen molar-refractivity contribution in [2.24, 2.45) is 0 Å². The molecule has 2 aromatic carbocycles. The van der Waals surface area contributed by atoms with E-state index in [1.165, 1.54) is 11.1 Å². The van der Waals surface area contributed by atoms with Crippen LogP contribution in [0, 0.1) is 0 Å². The van der Waals surface area contributed by atoms with Crippen LogP contribution in [-0.4, -0.2) is 11.6 Å². The van der Waals surface area contributed by atoms with Gasteiger partial charge in [0, 0.05) is 11.3 Å². The number of ether oxygens (including phenoxy) is 1. The zero-order chi connectivity index (χ0) is 14.9. The van der Waals surface area contributed by atoms with Crippen LogP contribution in [0.2, 0.25) is 0 Å². The van der Waals surface area contributed by atoms with Crippen LogP contribution in [0.15, 0.2) is 46.9 Å². The number of hydrogen-bond donors (Lipinski definition) is 1. The Bertz CT molecular complexity index is 777. The van der Waals surface area contributed by atoms with Crippen LogP contribution in [0.3, 0.4) is 0 Å². The van der Waals surface area contributed by atoms with Gasteiger partial charge in [-0.15, -0.1) is 0 Å². The second-order valence-electron chi connectivity index (χ2n) is 5.63. The predicted molar refractivity (Wildman–Crippen MR) is 85.8 cm³/mol. The number of hydrogen-bond acceptors (Lipinski definition) is 4. The van der Waals surface area contributed by atoms with Crippen molar-refractivity contribution in [2.45, 2.75) is 26.0 Å². The van der Waals surface area contributed by atoms with E-state index in [-0.39, 0.29) is 6.04 Å². The van der Waals surface area contributed by atoms with Crippen LogP contribution in [-0.2, 0) is 17.8 Å². The molecule has 22 heavy (non-hydrogen) atoms. The van der Waals surface area contributed by atoms with E-state index in [9.17, 15) is 0 Å². The van der Waals surface area contributed by atoms with Crippen LogP contribution in [0.5, 0.6) is 0 Å². The Kier molecular flexibility index (Phi) is 3.31. The van der Waals surface area contributed by atoms with Gasteiger partial charge in [-0.3, -0.25) is 0 Å². The fourth-order valence-electron chi connectivity index (χ4n) is 2.90. The van der Waals surface area contributed by atoms with Gasteiger partial charge in [0.05, 0.1) is 13.2 Å². The highest BCUT2D eigenvalue weighted by Gasteiger charge is 2.17. The van der Waals surface area contributed by atoms with Crippen LogP contribution in [0.4, 0.5) is 5.69 Å². The first-order valence-corrected chi connectivity index (χ1v) is 7.62. The van der Waals surface area contributed by atoms with Crippen molar-refractivity contribution in [2.75, 3.05) is 11.9 Å². The van der Waals surface area contributed by atoms with Crippen LogP contribution in [0.1, 0.15) is 30.0 Å². The molecule has 1 aliphatic heterocycles. The van der Waals surface area contributed by atoms with Gasteiger partial charge in [-0.05, 0) is 37.1 Å². The van der Waals surface area contributed by atoms with E-state index in [1.54, 1.807) is 0 Å². The van der Waals surface area contributed by atoms with Gasteiger partial charge in [-0.2, -0.15) is 0 Å². The van der Waals surface area contributed by atoms with Crippen LogP contribution < -0.4 is 5.32 Å². The molecule has 4 nitrogen and oxygen atoms in total. The van der Waals surface area contributed by atoms with Crippen molar-refractivity contribution >= 4 is 16.8 Å². The molecule has 4 rings (SSSR count). The smallest absolute Gasteiger partial charge is 0.217 e. The van der Waals surface area contributed by atoms with Crippen molar-refractivity contribution in [3.8, 4) is 0 Å². The fourth-order valence-corrected chi connectivity index (χ4v) is 2.90. The highest BCUT2D eigenvalue weighted by Crippen LogP contribution is 2.29. The first kappa shape index (κ1) is 13.3. The number of fused-ring (bicyclic) bond motifs is 2. The molecular weight excluding hydrogens is 276 g/mol. The van der Waals surface area contributed by atoms with Gasteiger partial charge in [0.25, 0.3) is 0 Å². The summed E-state index contributed by atoms with van der Waals surface area (Å²) in [6.07, 6.45) is 0.974. The van der Waals surface area contributed by atoms with Crippen LogP contribution in [0.25, 0.3) is 11.1 Å². The van der Waals surface area contributed by atoms with Crippen molar-refractivity contribution in [3.63, 3.8) is 0 Å². The normalized spacial score (nSPS) is 15.5. The Balaban J connectivity index is 1.63. The topological polar surface area (TPSA) is 47.3 Å². The molecular formula is C18H18N2O2. The molecule has 1 atom stereocenters. The second kappa shape index (κ2) is 5.46. The minimum absolute atomic E-state index is 0.000765.